The van der Waals surface area contributed by atoms with Crippen LogP contribution < -0.4 is 10.1 Å². The number of hydrogen-bond donors (Lipinski definition) is 1. The first-order valence-corrected chi connectivity index (χ1v) is 11.0. The molecule has 1 saturated heterocycles. The number of halogens is 2. The molecule has 1 atom stereocenters. The fourth-order valence-electron chi connectivity index (χ4n) is 3.32. The second-order valence-corrected chi connectivity index (χ2v) is 9.20. The van der Waals surface area contributed by atoms with Gasteiger partial charge in [-0.2, -0.15) is 4.31 Å². The third-order valence-corrected chi connectivity index (χ3v) is 7.02. The van der Waals surface area contributed by atoms with Crippen molar-refractivity contribution in [3.63, 3.8) is 0 Å². The van der Waals surface area contributed by atoms with Gasteiger partial charge in [-0.25, -0.2) is 17.6 Å². The van der Waals surface area contributed by atoms with Crippen molar-refractivity contribution < 1.29 is 26.8 Å². The van der Waals surface area contributed by atoms with E-state index in [-0.39, 0.29) is 30.4 Å². The average Bonchev–Trinajstić information content (AvgIpc) is 3.34. The van der Waals surface area contributed by atoms with Crippen LogP contribution in [0.4, 0.5) is 9.18 Å². The number of carbonyl (C=O) groups is 1. The minimum absolute atomic E-state index is 0.00150. The normalized spacial score (nSPS) is 17.4. The molecule has 0 aliphatic carbocycles. The molecule has 158 valence electrons. The van der Waals surface area contributed by atoms with E-state index in [0.29, 0.717) is 16.0 Å². The largest absolute Gasteiger partial charge is 0.424 e. The first-order valence-electron chi connectivity index (χ1n) is 9.15. The highest BCUT2D eigenvalue weighted by Gasteiger charge is 2.32. The Morgan fingerprint density at radius 2 is 1.97 bits per heavy atom. The van der Waals surface area contributed by atoms with Gasteiger partial charge in [-0.1, -0.05) is 23.7 Å². The number of hydrogen-bond acceptors (Lipinski definition) is 5. The number of nitrogens with one attached hydrogen (secondary N) is 1. The van der Waals surface area contributed by atoms with E-state index in [2.05, 4.69) is 5.32 Å². The van der Waals surface area contributed by atoms with Crippen LogP contribution in [0.5, 0.6) is 5.95 Å². The Kier molecular flexibility index (Phi) is 5.44. The lowest BCUT2D eigenvalue weighted by atomic mass is 10.0. The molecule has 1 aliphatic rings. The quantitative estimate of drug-likeness (QED) is 0.640. The maximum atomic E-state index is 13.4. The number of rotatable bonds is 4. The Balaban J connectivity index is 1.63. The molecule has 2 heterocycles. The Labute approximate surface area is 177 Å². The number of benzene rings is 2. The molecule has 1 fully saturated rings. The lowest BCUT2D eigenvalue weighted by molar-refractivity contribution is 0.191. The second kappa shape index (κ2) is 7.90. The van der Waals surface area contributed by atoms with E-state index in [1.54, 1.807) is 30.3 Å². The van der Waals surface area contributed by atoms with Gasteiger partial charge in [0, 0.05) is 31.6 Å². The molecule has 1 N–H and O–H groups in total. The van der Waals surface area contributed by atoms with Crippen LogP contribution in [0.2, 0.25) is 5.02 Å². The molecular formula is C20H18ClFN2O5S. The number of alkyl halides is 1. The number of fused-ring (bicyclic) bond motifs is 1. The number of ether oxygens (including phenoxy) is 1. The van der Waals surface area contributed by atoms with Gasteiger partial charge in [0.2, 0.25) is 10.0 Å². The van der Waals surface area contributed by atoms with Crippen LogP contribution in [0.1, 0.15) is 6.42 Å². The zero-order chi connectivity index (χ0) is 21.5. The monoisotopic (exact) mass is 452 g/mol. The van der Waals surface area contributed by atoms with Crippen molar-refractivity contribution in [3.05, 3.63) is 47.5 Å². The van der Waals surface area contributed by atoms with Crippen molar-refractivity contribution in [2.45, 2.75) is 17.5 Å². The van der Waals surface area contributed by atoms with Gasteiger partial charge in [0.1, 0.15) is 6.17 Å². The maximum absolute atomic E-state index is 13.4. The molecule has 2 aromatic carbocycles. The number of sulfonamides is 1. The predicted molar refractivity (Wildman–Crippen MR) is 110 cm³/mol. The number of amides is 1. The summed E-state index contributed by atoms with van der Waals surface area (Å²) in [5.74, 6) is 0.00150. The van der Waals surface area contributed by atoms with Crippen LogP contribution in [0, 0.1) is 0 Å². The fraction of sp³-hybridized carbons (Fsp3) is 0.250. The molecule has 1 aliphatic heterocycles. The van der Waals surface area contributed by atoms with Gasteiger partial charge in [0.25, 0.3) is 5.95 Å². The van der Waals surface area contributed by atoms with Crippen molar-refractivity contribution in [1.29, 1.82) is 0 Å². The molecule has 1 amide bonds. The van der Waals surface area contributed by atoms with Crippen molar-refractivity contribution in [2.24, 2.45) is 0 Å². The SMILES string of the molecule is CNC(=O)Oc1cc2cc(-c3ccc(S(=O)(=O)N4CCC(F)C4)cc3)cc(Cl)c2o1. The molecule has 0 spiro atoms. The Hall–Kier alpha value is -2.62. The van der Waals surface area contributed by atoms with E-state index in [4.69, 9.17) is 20.8 Å². The third kappa shape index (κ3) is 3.88. The molecule has 1 unspecified atom stereocenters. The van der Waals surface area contributed by atoms with Crippen LogP contribution >= 0.6 is 11.6 Å². The number of furan rings is 1. The molecule has 7 nitrogen and oxygen atoms in total. The predicted octanol–water partition coefficient (Wildman–Crippen LogP) is 4.20. The summed E-state index contributed by atoms with van der Waals surface area (Å²) in [6.07, 6.45) is -1.58. The van der Waals surface area contributed by atoms with Crippen molar-refractivity contribution in [3.8, 4) is 17.1 Å². The first-order chi connectivity index (χ1) is 14.3. The van der Waals surface area contributed by atoms with Gasteiger partial charge >= 0.3 is 6.09 Å². The maximum Gasteiger partial charge on any atom is 0.414 e. The molecule has 10 heteroatoms. The highest BCUT2D eigenvalue weighted by molar-refractivity contribution is 7.89. The summed E-state index contributed by atoms with van der Waals surface area (Å²) in [7, 11) is -2.30. The number of nitrogens with zero attached hydrogens (tertiary/aromatic N) is 1. The van der Waals surface area contributed by atoms with E-state index in [9.17, 15) is 17.6 Å². The average molecular weight is 453 g/mol. The number of carbonyl (C=O) groups excluding carboxylic acids is 1. The molecule has 0 radical (unpaired) electrons. The molecule has 4 rings (SSSR count). The Bertz CT molecular complexity index is 1210. The molecular weight excluding hydrogens is 435 g/mol. The lowest BCUT2D eigenvalue weighted by Crippen LogP contribution is -2.29. The van der Waals surface area contributed by atoms with Crippen molar-refractivity contribution >= 4 is 38.7 Å². The lowest BCUT2D eigenvalue weighted by Gasteiger charge is -2.15. The van der Waals surface area contributed by atoms with Crippen LogP contribution in [0.3, 0.4) is 0 Å². The van der Waals surface area contributed by atoms with Gasteiger partial charge < -0.3 is 14.5 Å². The zero-order valence-electron chi connectivity index (χ0n) is 15.9. The van der Waals surface area contributed by atoms with Crippen LogP contribution in [-0.4, -0.2) is 45.1 Å². The van der Waals surface area contributed by atoms with Gasteiger partial charge in [-0.15, -0.1) is 0 Å². The molecule has 3 aromatic rings. The Morgan fingerprint density at radius 1 is 1.23 bits per heavy atom. The highest BCUT2D eigenvalue weighted by atomic mass is 35.5. The van der Waals surface area contributed by atoms with Crippen LogP contribution in [0.15, 0.2) is 51.8 Å². The van der Waals surface area contributed by atoms with Gasteiger partial charge in [-0.05, 0) is 41.8 Å². The van der Waals surface area contributed by atoms with Crippen molar-refractivity contribution in [2.75, 3.05) is 20.1 Å². The smallest absolute Gasteiger partial charge is 0.414 e. The molecule has 0 bridgehead atoms. The minimum Gasteiger partial charge on any atom is -0.424 e. The third-order valence-electron chi connectivity index (χ3n) is 4.86. The van der Waals surface area contributed by atoms with Gasteiger partial charge in [-0.3, -0.25) is 0 Å². The van der Waals surface area contributed by atoms with Crippen LogP contribution in [-0.2, 0) is 10.0 Å². The summed E-state index contributed by atoms with van der Waals surface area (Å²) < 4.78 is 50.3. The fourth-order valence-corrected chi connectivity index (χ4v) is 5.07. The topological polar surface area (TPSA) is 88.8 Å². The Morgan fingerprint density at radius 3 is 2.60 bits per heavy atom. The standard InChI is InChI=1S/C20H18ClFN2O5S/c1-23-20(25)29-18-10-14-8-13(9-17(21)19(14)28-18)12-2-4-16(5-3-12)30(26,27)24-7-6-15(22)11-24/h2-5,8-10,15H,6-7,11H2,1H3,(H,23,25). The first kappa shape index (κ1) is 20.6. The van der Waals surface area contributed by atoms with E-state index >= 15 is 0 Å². The summed E-state index contributed by atoms with van der Waals surface area (Å²) in [5.41, 5.74) is 1.83. The van der Waals surface area contributed by atoms with E-state index < -0.39 is 22.3 Å². The minimum atomic E-state index is -3.73. The summed E-state index contributed by atoms with van der Waals surface area (Å²) in [4.78, 5) is 11.5. The highest BCUT2D eigenvalue weighted by Crippen LogP contribution is 2.35. The van der Waals surface area contributed by atoms with E-state index in [1.807, 2.05) is 0 Å². The zero-order valence-corrected chi connectivity index (χ0v) is 17.5. The van der Waals surface area contributed by atoms with Crippen LogP contribution in [0.25, 0.3) is 22.1 Å². The van der Waals surface area contributed by atoms with E-state index in [1.165, 1.54) is 19.2 Å². The summed E-state index contributed by atoms with van der Waals surface area (Å²) in [5, 5.41) is 3.26. The van der Waals surface area contributed by atoms with Gasteiger partial charge in [0.15, 0.2) is 5.58 Å². The summed E-state index contributed by atoms with van der Waals surface area (Å²) in [6.45, 7) is 0.0653. The molecule has 1 aromatic heterocycles. The summed E-state index contributed by atoms with van der Waals surface area (Å²) >= 11 is 6.31. The molecule has 0 saturated carbocycles. The molecule has 30 heavy (non-hydrogen) atoms. The van der Waals surface area contributed by atoms with E-state index in [0.717, 1.165) is 15.4 Å². The van der Waals surface area contributed by atoms with Gasteiger partial charge in [0.05, 0.1) is 9.92 Å². The summed E-state index contributed by atoms with van der Waals surface area (Å²) in [6, 6.07) is 11.3. The van der Waals surface area contributed by atoms with Crippen molar-refractivity contribution in [1.82, 2.24) is 9.62 Å². The second-order valence-electron chi connectivity index (χ2n) is 6.85.